The quantitative estimate of drug-likeness (QED) is 0.724. The number of rotatable bonds is 9. The smallest absolute Gasteiger partial charge is 0.260 e. The summed E-state index contributed by atoms with van der Waals surface area (Å²) >= 11 is 0. The number of ether oxygens (including phenoxy) is 1. The second kappa shape index (κ2) is 9.77. The van der Waals surface area contributed by atoms with Gasteiger partial charge in [0.2, 0.25) is 10.0 Å². The van der Waals surface area contributed by atoms with Crippen molar-refractivity contribution in [2.45, 2.75) is 32.6 Å². The Morgan fingerprint density at radius 1 is 1.24 bits per heavy atom. The molecule has 0 aromatic heterocycles. The molecule has 0 atom stereocenters. The van der Waals surface area contributed by atoms with Crippen molar-refractivity contribution in [2.75, 3.05) is 32.0 Å². The largest absolute Gasteiger partial charge is 0.484 e. The van der Waals surface area contributed by atoms with Gasteiger partial charge in [-0.2, -0.15) is 0 Å². The van der Waals surface area contributed by atoms with E-state index in [4.69, 9.17) is 4.74 Å². The van der Waals surface area contributed by atoms with Crippen LogP contribution in [0.5, 0.6) is 5.75 Å². The van der Waals surface area contributed by atoms with Gasteiger partial charge in [0.1, 0.15) is 5.75 Å². The molecule has 1 aliphatic heterocycles. The summed E-state index contributed by atoms with van der Waals surface area (Å²) in [6.45, 7) is 3.79. The molecule has 1 aromatic carbocycles. The van der Waals surface area contributed by atoms with E-state index in [1.807, 2.05) is 37.3 Å². The van der Waals surface area contributed by atoms with Gasteiger partial charge < -0.3 is 9.64 Å². The van der Waals surface area contributed by atoms with Crippen LogP contribution in [0, 0.1) is 5.92 Å². The highest BCUT2D eigenvalue weighted by atomic mass is 32.2. The Kier molecular flexibility index (Phi) is 7.71. The van der Waals surface area contributed by atoms with Crippen molar-refractivity contribution < 1.29 is 17.9 Å². The fraction of sp³-hybridized carbons (Fsp3) is 0.611. The number of benzene rings is 1. The average Bonchev–Trinajstić information content (AvgIpc) is 2.64. The Morgan fingerprint density at radius 2 is 1.92 bits per heavy atom. The van der Waals surface area contributed by atoms with Gasteiger partial charge in [0, 0.05) is 19.6 Å². The van der Waals surface area contributed by atoms with Crippen LogP contribution < -0.4 is 9.46 Å². The van der Waals surface area contributed by atoms with E-state index in [9.17, 15) is 13.2 Å². The van der Waals surface area contributed by atoms with Crippen molar-refractivity contribution in [1.29, 1.82) is 0 Å². The second-order valence-corrected chi connectivity index (χ2v) is 8.37. The van der Waals surface area contributed by atoms with E-state index in [1.54, 1.807) is 4.90 Å². The number of nitrogens with one attached hydrogen (secondary N) is 1. The van der Waals surface area contributed by atoms with Crippen LogP contribution in [-0.4, -0.2) is 51.2 Å². The molecule has 1 heterocycles. The third kappa shape index (κ3) is 7.04. The molecule has 0 bridgehead atoms. The maximum atomic E-state index is 12.2. The van der Waals surface area contributed by atoms with Crippen molar-refractivity contribution in [3.63, 3.8) is 0 Å². The Hall–Kier alpha value is -1.60. The molecule has 1 saturated heterocycles. The first kappa shape index (κ1) is 19.7. The highest BCUT2D eigenvalue weighted by Crippen LogP contribution is 2.17. The van der Waals surface area contributed by atoms with Crippen LogP contribution in [0.4, 0.5) is 0 Å². The molecule has 7 heteroatoms. The summed E-state index contributed by atoms with van der Waals surface area (Å²) in [6.07, 6.45) is 3.18. The molecule has 1 N–H and O–H groups in total. The number of carbonyl (C=O) groups is 1. The van der Waals surface area contributed by atoms with E-state index >= 15 is 0 Å². The number of amides is 1. The van der Waals surface area contributed by atoms with Crippen LogP contribution in [0.15, 0.2) is 30.3 Å². The minimum absolute atomic E-state index is 0.0224. The highest BCUT2D eigenvalue weighted by Gasteiger charge is 2.24. The number of unbranched alkanes of at least 4 members (excludes halogenated alkanes) is 1. The fourth-order valence-corrected chi connectivity index (χ4v) is 4.09. The van der Waals surface area contributed by atoms with Crippen molar-refractivity contribution in [3.8, 4) is 5.75 Å². The topological polar surface area (TPSA) is 75.7 Å². The zero-order chi connectivity index (χ0) is 18.1. The van der Waals surface area contributed by atoms with Gasteiger partial charge in [-0.25, -0.2) is 13.1 Å². The molecule has 1 aliphatic rings. The first-order valence-corrected chi connectivity index (χ1v) is 10.6. The van der Waals surface area contributed by atoms with Crippen LogP contribution in [0.2, 0.25) is 0 Å². The Balaban J connectivity index is 1.67. The van der Waals surface area contributed by atoms with Crippen LogP contribution in [-0.2, 0) is 14.8 Å². The second-order valence-electron chi connectivity index (χ2n) is 6.45. The van der Waals surface area contributed by atoms with Crippen molar-refractivity contribution in [1.82, 2.24) is 9.62 Å². The highest BCUT2D eigenvalue weighted by molar-refractivity contribution is 7.89. The number of hydrogen-bond acceptors (Lipinski definition) is 4. The lowest BCUT2D eigenvalue weighted by molar-refractivity contribution is -0.134. The zero-order valence-electron chi connectivity index (χ0n) is 14.8. The van der Waals surface area contributed by atoms with Crippen molar-refractivity contribution in [3.05, 3.63) is 30.3 Å². The lowest BCUT2D eigenvalue weighted by atomic mass is 9.97. The molecule has 1 amide bonds. The van der Waals surface area contributed by atoms with Gasteiger partial charge >= 0.3 is 0 Å². The number of nitrogens with zero attached hydrogens (tertiary/aromatic N) is 1. The SMILES string of the molecule is CCCCS(=O)(=O)NCC1CCN(C(=O)COc2ccccc2)CC1. The first-order valence-electron chi connectivity index (χ1n) is 8.93. The number of hydrogen-bond donors (Lipinski definition) is 1. The molecule has 0 unspecified atom stereocenters. The van der Waals surface area contributed by atoms with Gasteiger partial charge in [-0.05, 0) is 37.3 Å². The summed E-state index contributed by atoms with van der Waals surface area (Å²) in [5.74, 6) is 1.14. The summed E-state index contributed by atoms with van der Waals surface area (Å²) in [4.78, 5) is 14.0. The third-order valence-corrected chi connectivity index (χ3v) is 5.86. The summed E-state index contributed by atoms with van der Waals surface area (Å²) in [5.41, 5.74) is 0. The van der Waals surface area contributed by atoms with Gasteiger partial charge in [-0.15, -0.1) is 0 Å². The van der Waals surface area contributed by atoms with Crippen LogP contribution >= 0.6 is 0 Å². The zero-order valence-corrected chi connectivity index (χ0v) is 15.6. The van der Waals surface area contributed by atoms with Crippen LogP contribution in [0.3, 0.4) is 0 Å². The summed E-state index contributed by atoms with van der Waals surface area (Å²) < 4.78 is 31.9. The van der Waals surface area contributed by atoms with Gasteiger partial charge in [0.05, 0.1) is 5.75 Å². The Bertz CT molecular complexity index is 626. The molecular formula is C18H28N2O4S. The summed E-state index contributed by atoms with van der Waals surface area (Å²) in [7, 11) is -3.16. The normalized spacial score (nSPS) is 16.0. The summed E-state index contributed by atoms with van der Waals surface area (Å²) in [6, 6.07) is 9.28. The first-order chi connectivity index (χ1) is 12.0. The number of likely N-dealkylation sites (tertiary alicyclic amines) is 1. The summed E-state index contributed by atoms with van der Waals surface area (Å²) in [5, 5.41) is 0. The van der Waals surface area contributed by atoms with Crippen molar-refractivity contribution in [2.24, 2.45) is 5.92 Å². The molecule has 6 nitrogen and oxygen atoms in total. The number of piperidine rings is 1. The maximum Gasteiger partial charge on any atom is 0.260 e. The Labute approximate surface area is 150 Å². The number of carbonyl (C=O) groups excluding carboxylic acids is 1. The molecule has 0 saturated carbocycles. The molecule has 1 aromatic rings. The van der Waals surface area contributed by atoms with E-state index in [2.05, 4.69) is 4.72 Å². The van der Waals surface area contributed by atoms with Crippen LogP contribution in [0.1, 0.15) is 32.6 Å². The van der Waals surface area contributed by atoms with Crippen molar-refractivity contribution >= 4 is 15.9 Å². The van der Waals surface area contributed by atoms with E-state index in [0.717, 1.165) is 19.3 Å². The predicted molar refractivity (Wildman–Crippen MR) is 97.9 cm³/mol. The molecule has 140 valence electrons. The average molecular weight is 368 g/mol. The van der Waals surface area contributed by atoms with E-state index in [0.29, 0.717) is 31.8 Å². The monoisotopic (exact) mass is 368 g/mol. The minimum atomic E-state index is -3.16. The maximum absolute atomic E-state index is 12.2. The van der Waals surface area contributed by atoms with E-state index < -0.39 is 10.0 Å². The molecular weight excluding hydrogens is 340 g/mol. The predicted octanol–water partition coefficient (Wildman–Crippen LogP) is 2.02. The minimum Gasteiger partial charge on any atom is -0.484 e. The van der Waals surface area contributed by atoms with Crippen LogP contribution in [0.25, 0.3) is 0 Å². The molecule has 1 fully saturated rings. The molecule has 0 radical (unpaired) electrons. The fourth-order valence-electron chi connectivity index (χ4n) is 2.79. The standard InChI is InChI=1S/C18H28N2O4S/c1-2-3-13-25(22,23)19-14-16-9-11-20(12-10-16)18(21)15-24-17-7-5-4-6-8-17/h4-8,16,19H,2-3,9-15H2,1H3. The van der Waals surface area contributed by atoms with E-state index in [-0.39, 0.29) is 24.2 Å². The molecule has 0 aliphatic carbocycles. The number of sulfonamides is 1. The van der Waals surface area contributed by atoms with Gasteiger partial charge in [0.25, 0.3) is 5.91 Å². The molecule has 25 heavy (non-hydrogen) atoms. The lowest BCUT2D eigenvalue weighted by Crippen LogP contribution is -2.43. The molecule has 2 rings (SSSR count). The molecule has 0 spiro atoms. The third-order valence-electron chi connectivity index (χ3n) is 4.43. The lowest BCUT2D eigenvalue weighted by Gasteiger charge is -2.32. The van der Waals surface area contributed by atoms with Gasteiger partial charge in [-0.3, -0.25) is 4.79 Å². The van der Waals surface area contributed by atoms with Gasteiger partial charge in [0.15, 0.2) is 6.61 Å². The number of para-hydroxylation sites is 1. The van der Waals surface area contributed by atoms with E-state index in [1.165, 1.54) is 0 Å². The Morgan fingerprint density at radius 3 is 2.56 bits per heavy atom. The van der Waals surface area contributed by atoms with Gasteiger partial charge in [-0.1, -0.05) is 31.5 Å².